The van der Waals surface area contributed by atoms with Crippen LogP contribution in [0.25, 0.3) is 27.7 Å². The molecule has 10 nitrogen and oxygen atoms in total. The number of halogens is 1. The van der Waals surface area contributed by atoms with Crippen molar-refractivity contribution in [3.05, 3.63) is 71.4 Å². The third-order valence-corrected chi connectivity index (χ3v) is 9.35. The predicted octanol–water partition coefficient (Wildman–Crippen LogP) is 6.16. The Morgan fingerprint density at radius 1 is 0.977 bits per heavy atom. The molecule has 0 spiro atoms. The van der Waals surface area contributed by atoms with Crippen LogP contribution in [0.2, 0.25) is 0 Å². The molecule has 0 amide bonds. The monoisotopic (exact) mass is 657 g/mol. The van der Waals surface area contributed by atoms with Gasteiger partial charge in [-0.1, -0.05) is 14.0 Å². The van der Waals surface area contributed by atoms with Crippen molar-refractivity contribution in [2.24, 2.45) is 7.05 Å². The van der Waals surface area contributed by atoms with Gasteiger partial charge in [-0.15, -0.1) is 0 Å². The number of hydrogen-bond donors (Lipinski definition) is 2. The molecule has 2 N–H and O–H groups in total. The maximum Gasteiger partial charge on any atom is 0.229 e. The molecule has 4 heterocycles. The second-order valence-corrected chi connectivity index (χ2v) is 13.8. The fourth-order valence-corrected chi connectivity index (χ4v) is 6.76. The number of benzene rings is 2. The topological polar surface area (TPSA) is 106 Å². The zero-order valence-electron chi connectivity index (χ0n) is 24.8. The van der Waals surface area contributed by atoms with E-state index in [-0.39, 0.29) is 0 Å². The van der Waals surface area contributed by atoms with E-state index in [1.807, 2.05) is 36.3 Å². The first-order valence-corrected chi connectivity index (χ1v) is 16.9. The van der Waals surface area contributed by atoms with Gasteiger partial charge < -0.3 is 20.3 Å². The third kappa shape index (κ3) is 6.11. The summed E-state index contributed by atoms with van der Waals surface area (Å²) >= 11 is 3.63. The highest BCUT2D eigenvalue weighted by Gasteiger charge is 2.20. The SMILES string of the molecule is COc1cc(C2=CCN(C)CC2)c(-c2cnn(C)c2)cc1Nc1ncc(Br)c(Nc2ccc3nccnc3c2P(C)C)n1. The second kappa shape index (κ2) is 12.4. The van der Waals surface area contributed by atoms with E-state index >= 15 is 0 Å². The van der Waals surface area contributed by atoms with Crippen molar-refractivity contribution in [1.82, 2.24) is 34.6 Å². The average Bonchev–Trinajstić information content (AvgIpc) is 3.44. The lowest BCUT2D eigenvalue weighted by Gasteiger charge is -2.24. The van der Waals surface area contributed by atoms with Crippen LogP contribution in [0.4, 0.5) is 23.1 Å². The summed E-state index contributed by atoms with van der Waals surface area (Å²) in [5, 5.41) is 12.5. The maximum absolute atomic E-state index is 5.89. The van der Waals surface area contributed by atoms with Gasteiger partial charge in [-0.2, -0.15) is 10.1 Å². The zero-order chi connectivity index (χ0) is 30.1. The summed E-state index contributed by atoms with van der Waals surface area (Å²) in [7, 11) is 5.27. The van der Waals surface area contributed by atoms with E-state index in [2.05, 4.69) is 90.1 Å². The van der Waals surface area contributed by atoms with Crippen molar-refractivity contribution < 1.29 is 4.74 Å². The van der Waals surface area contributed by atoms with Gasteiger partial charge in [-0.05, 0) is 83.7 Å². The number of aromatic nitrogens is 6. The highest BCUT2D eigenvalue weighted by atomic mass is 79.9. The number of rotatable bonds is 8. The predicted molar refractivity (Wildman–Crippen MR) is 180 cm³/mol. The van der Waals surface area contributed by atoms with E-state index in [9.17, 15) is 0 Å². The highest BCUT2D eigenvalue weighted by Crippen LogP contribution is 2.40. The van der Waals surface area contributed by atoms with E-state index in [0.29, 0.717) is 17.5 Å². The van der Waals surface area contributed by atoms with Crippen LogP contribution in [-0.2, 0) is 7.05 Å². The molecule has 0 radical (unpaired) electrons. The molecule has 0 fully saturated rings. The first kappa shape index (κ1) is 29.2. The Hall–Kier alpha value is -3.92. The largest absolute Gasteiger partial charge is 0.495 e. The maximum atomic E-state index is 5.89. The molecule has 3 aromatic heterocycles. The summed E-state index contributed by atoms with van der Waals surface area (Å²) in [6.07, 6.45) is 12.4. The van der Waals surface area contributed by atoms with E-state index < -0.39 is 7.92 Å². The smallest absolute Gasteiger partial charge is 0.229 e. The molecule has 12 heteroatoms. The molecule has 0 unspecified atom stereocenters. The van der Waals surface area contributed by atoms with Gasteiger partial charge in [0.2, 0.25) is 5.95 Å². The van der Waals surface area contributed by atoms with Crippen molar-refractivity contribution >= 4 is 68.9 Å². The molecule has 0 aliphatic carbocycles. The van der Waals surface area contributed by atoms with E-state index in [1.165, 1.54) is 5.57 Å². The van der Waals surface area contributed by atoms with Crippen LogP contribution in [-0.4, -0.2) is 75.2 Å². The van der Waals surface area contributed by atoms with Crippen molar-refractivity contribution in [1.29, 1.82) is 0 Å². The quantitative estimate of drug-likeness (QED) is 0.190. The lowest BCUT2D eigenvalue weighted by atomic mass is 9.91. The van der Waals surface area contributed by atoms with Gasteiger partial charge in [0.15, 0.2) is 0 Å². The molecule has 0 atom stereocenters. The molecule has 0 bridgehead atoms. The molecule has 43 heavy (non-hydrogen) atoms. The Balaban J connectivity index is 1.38. The van der Waals surface area contributed by atoms with Gasteiger partial charge >= 0.3 is 0 Å². The number of aryl methyl sites for hydroxylation is 1. The summed E-state index contributed by atoms with van der Waals surface area (Å²) in [5.74, 6) is 1.78. The average molecular weight is 659 g/mol. The summed E-state index contributed by atoms with van der Waals surface area (Å²) < 4.78 is 8.45. The number of anilines is 4. The van der Waals surface area contributed by atoms with Gasteiger partial charge in [-0.25, -0.2) is 4.98 Å². The number of likely N-dealkylation sites (N-methyl/N-ethyl adjacent to an activating group) is 1. The highest BCUT2D eigenvalue weighted by molar-refractivity contribution is 9.10. The number of fused-ring (bicyclic) bond motifs is 1. The first-order valence-electron chi connectivity index (χ1n) is 13.9. The summed E-state index contributed by atoms with van der Waals surface area (Å²) in [4.78, 5) is 20.8. The molecule has 1 aliphatic rings. The number of hydrogen-bond acceptors (Lipinski definition) is 9. The summed E-state index contributed by atoms with van der Waals surface area (Å²) in [6, 6.07) is 8.22. The summed E-state index contributed by atoms with van der Waals surface area (Å²) in [5.41, 5.74) is 8.04. The Labute approximate surface area is 260 Å². The number of ether oxygens (including phenoxy) is 1. The fourth-order valence-electron chi connectivity index (χ4n) is 5.27. The van der Waals surface area contributed by atoms with Crippen molar-refractivity contribution in [3.8, 4) is 16.9 Å². The van der Waals surface area contributed by atoms with Crippen LogP contribution in [0.5, 0.6) is 5.75 Å². The molecule has 1 aliphatic heterocycles. The number of methoxy groups -OCH3 is 1. The Morgan fingerprint density at radius 3 is 2.53 bits per heavy atom. The van der Waals surface area contributed by atoms with Crippen LogP contribution in [0.15, 0.2) is 65.8 Å². The molecule has 0 saturated heterocycles. The van der Waals surface area contributed by atoms with E-state index in [1.54, 1.807) is 25.7 Å². The Kier molecular flexibility index (Phi) is 8.38. The molecular formula is C31H33BrN9OP. The van der Waals surface area contributed by atoms with Gasteiger partial charge in [0, 0.05) is 61.5 Å². The third-order valence-electron chi connectivity index (χ3n) is 7.42. The molecule has 5 aromatic rings. The molecular weight excluding hydrogens is 625 g/mol. The standard InChI is InChI=1S/C31H33BrN9OP/c1-40-12-8-19(9-13-40)22-15-27(42-3)26(14-21(22)20-16-36-41(2)18-20)38-31-35-17-23(32)30(39-31)37-25-7-6-24-28(29(25)43(4)5)34-11-10-33-24/h6-8,10-11,14-18H,9,12-13H2,1-5H3,(H2,35,37,38,39). The minimum absolute atomic E-state index is 0.435. The summed E-state index contributed by atoms with van der Waals surface area (Å²) in [6.45, 7) is 6.34. The van der Waals surface area contributed by atoms with Gasteiger partial charge in [0.05, 0.1) is 34.5 Å². The van der Waals surface area contributed by atoms with Crippen LogP contribution in [0.3, 0.4) is 0 Å². The molecule has 220 valence electrons. The minimum Gasteiger partial charge on any atom is -0.495 e. The van der Waals surface area contributed by atoms with Gasteiger partial charge in [-0.3, -0.25) is 14.6 Å². The molecule has 0 saturated carbocycles. The van der Waals surface area contributed by atoms with Crippen molar-refractivity contribution in [2.75, 3.05) is 51.2 Å². The zero-order valence-corrected chi connectivity index (χ0v) is 27.2. The lowest BCUT2D eigenvalue weighted by Crippen LogP contribution is -2.23. The van der Waals surface area contributed by atoms with E-state index in [4.69, 9.17) is 9.72 Å². The molecule has 2 aromatic carbocycles. The minimum atomic E-state index is -0.482. The van der Waals surface area contributed by atoms with E-state index in [0.717, 1.165) is 68.4 Å². The molecule has 6 rings (SSSR count). The van der Waals surface area contributed by atoms with Crippen molar-refractivity contribution in [2.45, 2.75) is 6.42 Å². The van der Waals surface area contributed by atoms with Crippen LogP contribution < -0.4 is 20.7 Å². The van der Waals surface area contributed by atoms with Gasteiger partial charge in [0.25, 0.3) is 0 Å². The normalized spacial score (nSPS) is 13.8. The van der Waals surface area contributed by atoms with Crippen molar-refractivity contribution in [3.63, 3.8) is 0 Å². The number of nitrogens with zero attached hydrogens (tertiary/aromatic N) is 7. The second-order valence-electron chi connectivity index (χ2n) is 10.7. The van der Waals surface area contributed by atoms with Crippen LogP contribution >= 0.6 is 23.9 Å². The van der Waals surface area contributed by atoms with Crippen LogP contribution in [0, 0.1) is 0 Å². The van der Waals surface area contributed by atoms with Gasteiger partial charge in [0.1, 0.15) is 11.6 Å². The number of nitrogens with one attached hydrogen (secondary N) is 2. The fraction of sp³-hybridized carbons (Fsp3) is 0.258. The Morgan fingerprint density at radius 2 is 1.81 bits per heavy atom. The van der Waals surface area contributed by atoms with Crippen LogP contribution in [0.1, 0.15) is 12.0 Å². The Bertz CT molecular complexity index is 1840. The lowest BCUT2D eigenvalue weighted by molar-refractivity contribution is 0.370. The first-order chi connectivity index (χ1) is 20.8.